The van der Waals surface area contributed by atoms with Crippen molar-refractivity contribution in [3.05, 3.63) is 21.9 Å². The summed E-state index contributed by atoms with van der Waals surface area (Å²) in [6, 6.07) is 4.10. The number of carbonyl (C=O) groups is 1. The minimum atomic E-state index is -0.342. The smallest absolute Gasteiger partial charge is 0.306 e. The number of esters is 1. The van der Waals surface area contributed by atoms with Gasteiger partial charge in [-0.25, -0.2) is 0 Å². The van der Waals surface area contributed by atoms with Gasteiger partial charge >= 0.3 is 5.97 Å². The summed E-state index contributed by atoms with van der Waals surface area (Å²) < 4.78 is 4.76. The van der Waals surface area contributed by atoms with Crippen LogP contribution in [-0.4, -0.2) is 19.1 Å². The Morgan fingerprint density at radius 2 is 2.24 bits per heavy atom. The summed E-state index contributed by atoms with van der Waals surface area (Å²) >= 11 is 1.73. The summed E-state index contributed by atoms with van der Waals surface area (Å²) in [7, 11) is 1.41. The third-order valence-electron chi connectivity index (χ3n) is 3.32. The predicted octanol–water partition coefficient (Wildman–Crippen LogP) is 2.48. The van der Waals surface area contributed by atoms with Crippen LogP contribution in [0, 0.1) is 0 Å². The molecule has 1 aromatic heterocycles. The molecule has 0 aliphatic carbocycles. The van der Waals surface area contributed by atoms with Gasteiger partial charge in [-0.3, -0.25) is 4.79 Å². The van der Waals surface area contributed by atoms with Crippen molar-refractivity contribution in [2.24, 2.45) is 5.73 Å². The van der Waals surface area contributed by atoms with Crippen LogP contribution >= 0.6 is 11.3 Å². The number of hydrogen-bond donors (Lipinski definition) is 1. The first-order valence-electron chi connectivity index (χ1n) is 5.85. The van der Waals surface area contributed by atoms with Gasteiger partial charge in [0.2, 0.25) is 0 Å². The van der Waals surface area contributed by atoms with Crippen molar-refractivity contribution in [2.75, 3.05) is 7.11 Å². The van der Waals surface area contributed by atoms with E-state index in [4.69, 9.17) is 10.5 Å². The molecule has 0 saturated heterocycles. The zero-order valence-corrected chi connectivity index (χ0v) is 11.8. The molecule has 2 atom stereocenters. The minimum absolute atomic E-state index is 0.0926. The van der Waals surface area contributed by atoms with E-state index in [0.717, 1.165) is 11.3 Å². The molecule has 17 heavy (non-hydrogen) atoms. The highest BCUT2D eigenvalue weighted by atomic mass is 32.1. The molecule has 1 heterocycles. The van der Waals surface area contributed by atoms with E-state index < -0.39 is 0 Å². The quantitative estimate of drug-likeness (QED) is 0.822. The molecule has 2 unspecified atom stereocenters. The fourth-order valence-corrected chi connectivity index (χ4v) is 2.91. The highest BCUT2D eigenvalue weighted by Crippen LogP contribution is 2.36. The molecule has 0 bridgehead atoms. The van der Waals surface area contributed by atoms with E-state index in [1.807, 2.05) is 13.8 Å². The number of hydrogen-bond acceptors (Lipinski definition) is 4. The normalized spacial score (nSPS) is 16.3. The SMILES string of the molecule is CCc1ccc(C(C)(CC(=O)OC)C(C)N)s1. The van der Waals surface area contributed by atoms with Crippen molar-refractivity contribution in [3.63, 3.8) is 0 Å². The first kappa shape index (κ1) is 14.2. The van der Waals surface area contributed by atoms with E-state index in [2.05, 4.69) is 19.1 Å². The minimum Gasteiger partial charge on any atom is -0.469 e. The molecule has 0 radical (unpaired) electrons. The van der Waals surface area contributed by atoms with Gasteiger partial charge in [-0.2, -0.15) is 0 Å². The average molecular weight is 255 g/mol. The van der Waals surface area contributed by atoms with Crippen LogP contribution < -0.4 is 5.73 Å². The van der Waals surface area contributed by atoms with E-state index in [9.17, 15) is 4.79 Å². The Labute approximate surface area is 107 Å². The maximum absolute atomic E-state index is 11.5. The monoisotopic (exact) mass is 255 g/mol. The summed E-state index contributed by atoms with van der Waals surface area (Å²) in [5, 5.41) is 0. The molecule has 0 aliphatic heterocycles. The molecule has 0 aromatic carbocycles. The second kappa shape index (κ2) is 5.65. The first-order valence-corrected chi connectivity index (χ1v) is 6.67. The van der Waals surface area contributed by atoms with Crippen molar-refractivity contribution in [1.82, 2.24) is 0 Å². The summed E-state index contributed by atoms with van der Waals surface area (Å²) in [6.45, 7) is 6.09. The van der Waals surface area contributed by atoms with E-state index in [0.29, 0.717) is 6.42 Å². The van der Waals surface area contributed by atoms with Crippen molar-refractivity contribution in [2.45, 2.75) is 45.1 Å². The number of ether oxygens (including phenoxy) is 1. The van der Waals surface area contributed by atoms with Gasteiger partial charge in [-0.1, -0.05) is 13.8 Å². The van der Waals surface area contributed by atoms with Crippen LogP contribution in [0.25, 0.3) is 0 Å². The zero-order chi connectivity index (χ0) is 13.1. The van der Waals surface area contributed by atoms with Crippen LogP contribution in [0.4, 0.5) is 0 Å². The average Bonchev–Trinajstić information content (AvgIpc) is 2.77. The van der Waals surface area contributed by atoms with E-state index in [1.54, 1.807) is 11.3 Å². The van der Waals surface area contributed by atoms with Crippen LogP contribution in [0.2, 0.25) is 0 Å². The molecule has 0 amide bonds. The predicted molar refractivity (Wildman–Crippen MR) is 71.3 cm³/mol. The van der Waals surface area contributed by atoms with Crippen LogP contribution in [0.5, 0.6) is 0 Å². The van der Waals surface area contributed by atoms with Crippen molar-refractivity contribution in [1.29, 1.82) is 0 Å². The number of carbonyl (C=O) groups excluding carboxylic acids is 1. The number of methoxy groups -OCH3 is 1. The van der Waals surface area contributed by atoms with Crippen LogP contribution in [0.15, 0.2) is 12.1 Å². The number of nitrogens with two attached hydrogens (primary N) is 1. The van der Waals surface area contributed by atoms with Gasteiger partial charge in [0.15, 0.2) is 0 Å². The Balaban J connectivity index is 3.02. The lowest BCUT2D eigenvalue weighted by Gasteiger charge is -2.31. The highest BCUT2D eigenvalue weighted by Gasteiger charge is 2.35. The fraction of sp³-hybridized carbons (Fsp3) is 0.615. The van der Waals surface area contributed by atoms with Crippen LogP contribution in [0.1, 0.15) is 36.9 Å². The van der Waals surface area contributed by atoms with Gasteiger partial charge in [0.25, 0.3) is 0 Å². The van der Waals surface area contributed by atoms with E-state index >= 15 is 0 Å². The topological polar surface area (TPSA) is 52.3 Å². The van der Waals surface area contributed by atoms with Gasteiger partial charge in [-0.05, 0) is 25.5 Å². The Kier molecular flexibility index (Phi) is 4.71. The van der Waals surface area contributed by atoms with E-state index in [1.165, 1.54) is 12.0 Å². The molecule has 0 fully saturated rings. The summed E-state index contributed by atoms with van der Waals surface area (Å²) in [5.74, 6) is -0.212. The van der Waals surface area contributed by atoms with Crippen molar-refractivity contribution < 1.29 is 9.53 Å². The van der Waals surface area contributed by atoms with Gasteiger partial charge in [0, 0.05) is 21.2 Å². The number of thiophene rings is 1. The molecule has 4 heteroatoms. The lowest BCUT2D eigenvalue weighted by molar-refractivity contribution is -0.142. The Morgan fingerprint density at radius 3 is 2.65 bits per heavy atom. The zero-order valence-electron chi connectivity index (χ0n) is 10.9. The lowest BCUT2D eigenvalue weighted by Crippen LogP contribution is -2.42. The largest absolute Gasteiger partial charge is 0.469 e. The maximum Gasteiger partial charge on any atom is 0.306 e. The molecule has 0 saturated carbocycles. The molecular weight excluding hydrogens is 234 g/mol. The standard InChI is InChI=1S/C13H21NO2S/c1-5-10-6-7-11(17-10)13(3,9(2)14)8-12(15)16-4/h6-7,9H,5,8,14H2,1-4H3. The molecule has 2 N–H and O–H groups in total. The van der Waals surface area contributed by atoms with E-state index in [-0.39, 0.29) is 17.4 Å². The Bertz CT molecular complexity index is 387. The second-order valence-corrected chi connectivity index (χ2v) is 5.75. The van der Waals surface area contributed by atoms with Gasteiger partial charge < -0.3 is 10.5 Å². The van der Waals surface area contributed by atoms with Crippen LogP contribution in [0.3, 0.4) is 0 Å². The number of rotatable bonds is 5. The van der Waals surface area contributed by atoms with Crippen molar-refractivity contribution >= 4 is 17.3 Å². The summed E-state index contributed by atoms with van der Waals surface area (Å²) in [6.07, 6.45) is 1.34. The summed E-state index contributed by atoms with van der Waals surface area (Å²) in [4.78, 5) is 14.0. The molecule has 96 valence electrons. The third-order valence-corrected chi connectivity index (χ3v) is 4.83. The maximum atomic E-state index is 11.5. The molecular formula is C13H21NO2S. The van der Waals surface area contributed by atoms with Crippen molar-refractivity contribution in [3.8, 4) is 0 Å². The Hall–Kier alpha value is -0.870. The second-order valence-electron chi connectivity index (χ2n) is 4.58. The van der Waals surface area contributed by atoms with Crippen LogP contribution in [-0.2, 0) is 21.4 Å². The fourth-order valence-electron chi connectivity index (χ4n) is 1.72. The lowest BCUT2D eigenvalue weighted by atomic mass is 9.79. The molecule has 1 rings (SSSR count). The van der Waals surface area contributed by atoms with Gasteiger partial charge in [0.1, 0.15) is 0 Å². The number of aryl methyl sites for hydroxylation is 1. The molecule has 0 aliphatic rings. The first-order chi connectivity index (χ1) is 7.93. The summed E-state index contributed by atoms with van der Waals surface area (Å²) in [5.41, 5.74) is 5.71. The highest BCUT2D eigenvalue weighted by molar-refractivity contribution is 7.12. The molecule has 3 nitrogen and oxygen atoms in total. The molecule has 1 aromatic rings. The Morgan fingerprint density at radius 1 is 1.59 bits per heavy atom. The molecule has 0 spiro atoms. The third kappa shape index (κ3) is 3.07. The van der Waals surface area contributed by atoms with Gasteiger partial charge in [-0.15, -0.1) is 11.3 Å². The van der Waals surface area contributed by atoms with Gasteiger partial charge in [0.05, 0.1) is 13.5 Å².